The topological polar surface area (TPSA) is 25.8 Å². The monoisotopic (exact) mass is 316 g/mol. The van der Waals surface area contributed by atoms with E-state index in [0.717, 1.165) is 10.5 Å². The molecule has 1 heterocycles. The van der Waals surface area contributed by atoms with Gasteiger partial charge in [0.05, 0.1) is 5.69 Å². The highest BCUT2D eigenvalue weighted by molar-refractivity contribution is 9.10. The van der Waals surface area contributed by atoms with Crippen molar-refractivity contribution in [2.24, 2.45) is 0 Å². The summed E-state index contributed by atoms with van der Waals surface area (Å²) in [6.45, 7) is 1.44. The van der Waals surface area contributed by atoms with Crippen LogP contribution in [0.2, 0.25) is 0 Å². The van der Waals surface area contributed by atoms with Crippen LogP contribution in [0, 0.1) is 6.92 Å². The number of aromatic nitrogens is 2. The molecule has 0 atom stereocenters. The predicted molar refractivity (Wildman–Crippen MR) is 64.9 cm³/mol. The molecule has 0 aliphatic heterocycles. The van der Waals surface area contributed by atoms with Crippen LogP contribution in [0.15, 0.2) is 34.8 Å². The van der Waals surface area contributed by atoms with Crippen LogP contribution in [0.5, 0.6) is 0 Å². The Labute approximate surface area is 110 Å². The molecule has 18 heavy (non-hydrogen) atoms. The molecule has 6 heteroatoms. The van der Waals surface area contributed by atoms with Gasteiger partial charge in [-0.3, -0.25) is 0 Å². The number of halogens is 4. The molecule has 2 nitrogen and oxygen atoms in total. The lowest BCUT2D eigenvalue weighted by Crippen LogP contribution is -2.10. The summed E-state index contributed by atoms with van der Waals surface area (Å²) in [6, 6.07) is 7.90. The van der Waals surface area contributed by atoms with Crippen molar-refractivity contribution in [2.75, 3.05) is 0 Å². The molecule has 0 spiro atoms. The van der Waals surface area contributed by atoms with Crippen molar-refractivity contribution >= 4 is 15.9 Å². The lowest BCUT2D eigenvalue weighted by molar-refractivity contribution is -0.141. The second-order valence-corrected chi connectivity index (χ2v) is 4.61. The molecule has 0 saturated heterocycles. The molecule has 2 aromatic rings. The molecule has 94 valence electrons. The van der Waals surface area contributed by atoms with Gasteiger partial charge in [-0.05, 0) is 25.1 Å². The third-order valence-corrected chi connectivity index (χ3v) is 2.74. The second-order valence-electron chi connectivity index (χ2n) is 3.69. The van der Waals surface area contributed by atoms with Crippen molar-refractivity contribution in [2.45, 2.75) is 13.1 Å². The minimum Gasteiger partial charge on any atom is -0.233 e. The van der Waals surface area contributed by atoms with Gasteiger partial charge in [0.15, 0.2) is 0 Å². The molecule has 1 aromatic heterocycles. The second kappa shape index (κ2) is 4.68. The van der Waals surface area contributed by atoms with Crippen LogP contribution in [-0.4, -0.2) is 9.97 Å². The third-order valence-electron chi connectivity index (χ3n) is 2.25. The summed E-state index contributed by atoms with van der Waals surface area (Å²) < 4.78 is 38.7. The summed E-state index contributed by atoms with van der Waals surface area (Å²) in [7, 11) is 0. The Morgan fingerprint density at radius 1 is 1.11 bits per heavy atom. The van der Waals surface area contributed by atoms with Crippen LogP contribution >= 0.6 is 15.9 Å². The van der Waals surface area contributed by atoms with Gasteiger partial charge in [-0.2, -0.15) is 13.2 Å². The van der Waals surface area contributed by atoms with Gasteiger partial charge in [-0.25, -0.2) is 9.97 Å². The Bertz CT molecular complexity index is 582. The molecular weight excluding hydrogens is 309 g/mol. The number of rotatable bonds is 1. The fourth-order valence-electron chi connectivity index (χ4n) is 1.51. The highest BCUT2D eigenvalue weighted by Gasteiger charge is 2.33. The number of alkyl halides is 3. The van der Waals surface area contributed by atoms with E-state index < -0.39 is 11.9 Å². The highest BCUT2D eigenvalue weighted by atomic mass is 79.9. The molecule has 2 rings (SSSR count). The molecule has 1 aromatic carbocycles. The van der Waals surface area contributed by atoms with Crippen LogP contribution in [0.1, 0.15) is 11.5 Å². The maximum atomic E-state index is 12.6. The van der Waals surface area contributed by atoms with Crippen molar-refractivity contribution in [1.82, 2.24) is 9.97 Å². The Kier molecular flexibility index (Phi) is 3.38. The first-order valence-corrected chi connectivity index (χ1v) is 5.84. The lowest BCUT2D eigenvalue weighted by atomic mass is 10.1. The van der Waals surface area contributed by atoms with Crippen molar-refractivity contribution in [3.05, 3.63) is 46.3 Å². The Balaban J connectivity index is 2.55. The fourth-order valence-corrected chi connectivity index (χ4v) is 1.91. The maximum absolute atomic E-state index is 12.6. The van der Waals surface area contributed by atoms with Gasteiger partial charge in [0, 0.05) is 10.0 Å². The van der Waals surface area contributed by atoms with E-state index in [2.05, 4.69) is 25.9 Å². The van der Waals surface area contributed by atoms with Gasteiger partial charge in [-0.1, -0.05) is 28.1 Å². The number of aryl methyl sites for hydroxylation is 1. The van der Waals surface area contributed by atoms with Crippen molar-refractivity contribution in [3.8, 4) is 11.3 Å². The summed E-state index contributed by atoms with van der Waals surface area (Å²) in [5, 5.41) is 0. The SMILES string of the molecule is Cc1nc(-c2cccc(Br)c2)cc(C(F)(F)F)n1. The number of benzene rings is 1. The minimum atomic E-state index is -4.46. The molecule has 0 aliphatic carbocycles. The maximum Gasteiger partial charge on any atom is 0.433 e. The van der Waals surface area contributed by atoms with Crippen molar-refractivity contribution in [1.29, 1.82) is 0 Å². The smallest absolute Gasteiger partial charge is 0.233 e. The van der Waals surface area contributed by atoms with Crippen LogP contribution in [0.3, 0.4) is 0 Å². The van der Waals surface area contributed by atoms with Crippen molar-refractivity contribution < 1.29 is 13.2 Å². The molecule has 0 unspecified atom stereocenters. The fraction of sp³-hybridized carbons (Fsp3) is 0.167. The molecule has 0 radical (unpaired) electrons. The van der Waals surface area contributed by atoms with Crippen LogP contribution in [0.25, 0.3) is 11.3 Å². The lowest BCUT2D eigenvalue weighted by Gasteiger charge is -2.09. The quantitative estimate of drug-likeness (QED) is 0.786. The first-order chi connectivity index (χ1) is 8.36. The Hall–Kier alpha value is -1.43. The number of hydrogen-bond donors (Lipinski definition) is 0. The van der Waals surface area contributed by atoms with Gasteiger partial charge < -0.3 is 0 Å². The molecule has 0 amide bonds. The van der Waals surface area contributed by atoms with Gasteiger partial charge in [0.25, 0.3) is 0 Å². The Morgan fingerprint density at radius 2 is 1.83 bits per heavy atom. The molecular formula is C12H8BrF3N2. The van der Waals surface area contributed by atoms with Gasteiger partial charge in [0.1, 0.15) is 11.5 Å². The number of nitrogens with zero attached hydrogens (tertiary/aromatic N) is 2. The van der Waals surface area contributed by atoms with E-state index in [4.69, 9.17) is 0 Å². The molecule has 0 saturated carbocycles. The van der Waals surface area contributed by atoms with Gasteiger partial charge in [0.2, 0.25) is 0 Å². The first-order valence-electron chi connectivity index (χ1n) is 5.05. The van der Waals surface area contributed by atoms with E-state index in [1.165, 1.54) is 6.92 Å². The number of hydrogen-bond acceptors (Lipinski definition) is 2. The minimum absolute atomic E-state index is 0.0970. The summed E-state index contributed by atoms with van der Waals surface area (Å²) in [6.07, 6.45) is -4.46. The highest BCUT2D eigenvalue weighted by Crippen LogP contribution is 2.30. The van der Waals surface area contributed by atoms with E-state index in [-0.39, 0.29) is 11.5 Å². The summed E-state index contributed by atoms with van der Waals surface area (Å²) in [5.74, 6) is 0.0970. The van der Waals surface area contributed by atoms with Crippen LogP contribution in [0.4, 0.5) is 13.2 Å². The first kappa shape index (κ1) is 13.0. The average molecular weight is 317 g/mol. The van der Waals surface area contributed by atoms with E-state index >= 15 is 0 Å². The zero-order valence-electron chi connectivity index (χ0n) is 9.29. The van der Waals surface area contributed by atoms with Gasteiger partial charge >= 0.3 is 6.18 Å². The van der Waals surface area contributed by atoms with Crippen molar-refractivity contribution in [3.63, 3.8) is 0 Å². The molecule has 0 bridgehead atoms. The van der Waals surface area contributed by atoms with E-state index in [1.807, 2.05) is 0 Å². The van der Waals surface area contributed by atoms with Crippen LogP contribution < -0.4 is 0 Å². The third kappa shape index (κ3) is 2.87. The summed E-state index contributed by atoms with van der Waals surface area (Å²) in [5.41, 5.74) is -0.0542. The summed E-state index contributed by atoms with van der Waals surface area (Å²) >= 11 is 3.27. The van der Waals surface area contributed by atoms with E-state index in [1.54, 1.807) is 24.3 Å². The molecule has 0 fully saturated rings. The van der Waals surface area contributed by atoms with Gasteiger partial charge in [-0.15, -0.1) is 0 Å². The standard InChI is InChI=1S/C12H8BrF3N2/c1-7-17-10(6-11(18-7)12(14,15)16)8-3-2-4-9(13)5-8/h2-6H,1H3. The molecule has 0 aliphatic rings. The zero-order valence-corrected chi connectivity index (χ0v) is 10.9. The average Bonchev–Trinajstić information content (AvgIpc) is 2.27. The predicted octanol–water partition coefficient (Wildman–Crippen LogP) is 4.23. The Morgan fingerprint density at radius 3 is 2.44 bits per heavy atom. The zero-order chi connectivity index (χ0) is 13.3. The van der Waals surface area contributed by atoms with E-state index in [9.17, 15) is 13.2 Å². The summed E-state index contributed by atoms with van der Waals surface area (Å²) in [4.78, 5) is 7.43. The largest absolute Gasteiger partial charge is 0.433 e. The van der Waals surface area contributed by atoms with Crippen LogP contribution in [-0.2, 0) is 6.18 Å². The normalized spacial score (nSPS) is 11.6. The van der Waals surface area contributed by atoms with E-state index in [0.29, 0.717) is 5.56 Å². The molecule has 0 N–H and O–H groups in total.